The molecule has 0 radical (unpaired) electrons. The molecule has 2 aromatic rings. The van der Waals surface area contributed by atoms with Crippen LogP contribution in [0.1, 0.15) is 43.8 Å². The molecule has 1 saturated carbocycles. The molecule has 1 aliphatic rings. The van der Waals surface area contributed by atoms with Gasteiger partial charge in [0.25, 0.3) is 0 Å². The molecule has 2 atom stereocenters. The highest BCUT2D eigenvalue weighted by Gasteiger charge is 2.26. The van der Waals surface area contributed by atoms with Gasteiger partial charge in [-0.2, -0.15) is 0 Å². The summed E-state index contributed by atoms with van der Waals surface area (Å²) in [6, 6.07) is 10.4. The first-order valence-corrected chi connectivity index (χ1v) is 7.07. The first-order chi connectivity index (χ1) is 9.36. The molecule has 0 aliphatic heterocycles. The van der Waals surface area contributed by atoms with Crippen LogP contribution in [-0.2, 0) is 0 Å². The van der Waals surface area contributed by atoms with Gasteiger partial charge in [-0.3, -0.25) is 4.57 Å². The molecule has 3 rings (SSSR count). The molecular formula is C15H20N4. The average Bonchev–Trinajstić information content (AvgIpc) is 2.83. The lowest BCUT2D eigenvalue weighted by Crippen LogP contribution is -2.29. The molecule has 2 unspecified atom stereocenters. The normalized spacial score (nSPS) is 24.1. The summed E-state index contributed by atoms with van der Waals surface area (Å²) in [5.41, 5.74) is 7.45. The minimum Gasteiger partial charge on any atom is -0.327 e. The minimum absolute atomic E-state index is 0.203. The van der Waals surface area contributed by atoms with Crippen molar-refractivity contribution in [2.45, 2.75) is 44.1 Å². The Morgan fingerprint density at radius 2 is 1.84 bits per heavy atom. The smallest absolute Gasteiger partial charge is 0.142 e. The standard InChI is InChI=1S/C15H20N4/c16-14-10-6-2-5-9-13(14)15-18-17-11-19(15)12-7-3-1-4-8-12/h1,3-4,7-8,11,13-14H,2,5-6,9-10,16H2. The molecule has 4 nitrogen and oxygen atoms in total. The average molecular weight is 256 g/mol. The Hall–Kier alpha value is -1.68. The third-order valence-corrected chi connectivity index (χ3v) is 4.01. The van der Waals surface area contributed by atoms with Crippen molar-refractivity contribution in [3.63, 3.8) is 0 Å². The maximum Gasteiger partial charge on any atom is 0.142 e. The summed E-state index contributed by atoms with van der Waals surface area (Å²) in [6.45, 7) is 0. The van der Waals surface area contributed by atoms with Crippen LogP contribution in [0.5, 0.6) is 0 Å². The molecule has 0 saturated heterocycles. The molecular weight excluding hydrogens is 236 g/mol. The lowest BCUT2D eigenvalue weighted by atomic mass is 9.94. The van der Waals surface area contributed by atoms with Gasteiger partial charge in [-0.05, 0) is 25.0 Å². The predicted molar refractivity (Wildman–Crippen MR) is 75.2 cm³/mol. The summed E-state index contributed by atoms with van der Waals surface area (Å²) in [4.78, 5) is 0. The van der Waals surface area contributed by atoms with Crippen molar-refractivity contribution in [2.24, 2.45) is 5.73 Å². The van der Waals surface area contributed by atoms with E-state index in [1.165, 1.54) is 19.3 Å². The van der Waals surface area contributed by atoms with Crippen molar-refractivity contribution >= 4 is 0 Å². The fourth-order valence-corrected chi connectivity index (χ4v) is 2.94. The fraction of sp³-hybridized carbons (Fsp3) is 0.467. The van der Waals surface area contributed by atoms with Crippen molar-refractivity contribution in [1.82, 2.24) is 14.8 Å². The van der Waals surface area contributed by atoms with Gasteiger partial charge in [0.15, 0.2) is 0 Å². The second kappa shape index (κ2) is 5.53. The van der Waals surface area contributed by atoms with Gasteiger partial charge in [0, 0.05) is 17.6 Å². The van der Waals surface area contributed by atoms with E-state index in [4.69, 9.17) is 5.73 Å². The summed E-state index contributed by atoms with van der Waals surface area (Å²) in [5, 5.41) is 8.44. The highest BCUT2D eigenvalue weighted by Crippen LogP contribution is 2.30. The molecule has 0 amide bonds. The molecule has 1 fully saturated rings. The number of aromatic nitrogens is 3. The van der Waals surface area contributed by atoms with Gasteiger partial charge in [-0.25, -0.2) is 0 Å². The monoisotopic (exact) mass is 256 g/mol. The number of nitrogens with zero attached hydrogens (tertiary/aromatic N) is 3. The summed E-state index contributed by atoms with van der Waals surface area (Å²) in [7, 11) is 0. The maximum atomic E-state index is 6.34. The number of nitrogens with two attached hydrogens (primary N) is 1. The van der Waals surface area contributed by atoms with E-state index in [0.717, 1.165) is 24.4 Å². The molecule has 19 heavy (non-hydrogen) atoms. The van der Waals surface area contributed by atoms with Gasteiger partial charge in [0.2, 0.25) is 0 Å². The summed E-state index contributed by atoms with van der Waals surface area (Å²) in [5.74, 6) is 1.34. The number of benzene rings is 1. The largest absolute Gasteiger partial charge is 0.327 e. The van der Waals surface area contributed by atoms with Crippen molar-refractivity contribution in [3.05, 3.63) is 42.5 Å². The van der Waals surface area contributed by atoms with Crippen LogP contribution in [0.15, 0.2) is 36.7 Å². The second-order valence-corrected chi connectivity index (χ2v) is 5.30. The summed E-state index contributed by atoms with van der Waals surface area (Å²) < 4.78 is 2.08. The van der Waals surface area contributed by atoms with Gasteiger partial charge in [-0.1, -0.05) is 37.5 Å². The third kappa shape index (κ3) is 2.54. The molecule has 2 N–H and O–H groups in total. The van der Waals surface area contributed by atoms with Gasteiger partial charge >= 0.3 is 0 Å². The predicted octanol–water partition coefficient (Wildman–Crippen LogP) is 2.64. The summed E-state index contributed by atoms with van der Waals surface area (Å²) >= 11 is 0. The van der Waals surface area contributed by atoms with Gasteiger partial charge in [0.05, 0.1) is 0 Å². The Kier molecular flexibility index (Phi) is 3.60. The van der Waals surface area contributed by atoms with E-state index in [1.807, 2.05) is 18.2 Å². The van der Waals surface area contributed by atoms with E-state index < -0.39 is 0 Å². The lowest BCUT2D eigenvalue weighted by Gasteiger charge is -2.21. The van der Waals surface area contributed by atoms with Crippen LogP contribution in [0.25, 0.3) is 5.69 Å². The number of hydrogen-bond donors (Lipinski definition) is 1. The zero-order chi connectivity index (χ0) is 13.1. The number of para-hydroxylation sites is 1. The minimum atomic E-state index is 0.203. The second-order valence-electron chi connectivity index (χ2n) is 5.30. The Morgan fingerprint density at radius 3 is 2.68 bits per heavy atom. The number of rotatable bonds is 2. The van der Waals surface area contributed by atoms with Crippen molar-refractivity contribution in [3.8, 4) is 5.69 Å². The van der Waals surface area contributed by atoms with E-state index in [0.29, 0.717) is 5.92 Å². The van der Waals surface area contributed by atoms with Gasteiger partial charge < -0.3 is 5.73 Å². The van der Waals surface area contributed by atoms with Crippen molar-refractivity contribution in [2.75, 3.05) is 0 Å². The zero-order valence-electron chi connectivity index (χ0n) is 11.1. The maximum absolute atomic E-state index is 6.34. The molecule has 1 aromatic carbocycles. The molecule has 4 heteroatoms. The lowest BCUT2D eigenvalue weighted by molar-refractivity contribution is 0.477. The Labute approximate surface area is 113 Å². The van der Waals surface area contributed by atoms with Crippen LogP contribution in [-0.4, -0.2) is 20.8 Å². The van der Waals surface area contributed by atoms with E-state index in [9.17, 15) is 0 Å². The van der Waals surface area contributed by atoms with E-state index >= 15 is 0 Å². The Balaban J connectivity index is 1.95. The third-order valence-electron chi connectivity index (χ3n) is 4.01. The Bertz CT molecular complexity index is 520. The SMILES string of the molecule is NC1CCCCCC1c1nncn1-c1ccccc1. The van der Waals surface area contributed by atoms with Crippen molar-refractivity contribution in [1.29, 1.82) is 0 Å². The molecule has 100 valence electrons. The topological polar surface area (TPSA) is 56.7 Å². The van der Waals surface area contributed by atoms with Crippen LogP contribution >= 0.6 is 0 Å². The number of hydrogen-bond acceptors (Lipinski definition) is 3. The van der Waals surface area contributed by atoms with Crippen LogP contribution in [0, 0.1) is 0 Å². The van der Waals surface area contributed by atoms with Crippen LogP contribution in [0.3, 0.4) is 0 Å². The Morgan fingerprint density at radius 1 is 1.05 bits per heavy atom. The van der Waals surface area contributed by atoms with Crippen LogP contribution in [0.2, 0.25) is 0 Å². The highest BCUT2D eigenvalue weighted by atomic mass is 15.3. The van der Waals surface area contributed by atoms with Crippen LogP contribution in [0.4, 0.5) is 0 Å². The molecule has 0 spiro atoms. The van der Waals surface area contributed by atoms with Crippen LogP contribution < -0.4 is 5.73 Å². The molecule has 1 heterocycles. The van der Waals surface area contributed by atoms with E-state index in [-0.39, 0.29) is 6.04 Å². The summed E-state index contributed by atoms with van der Waals surface area (Å²) in [6.07, 6.45) is 7.75. The fourth-order valence-electron chi connectivity index (χ4n) is 2.94. The first kappa shape index (κ1) is 12.4. The molecule has 0 bridgehead atoms. The molecule has 1 aromatic heterocycles. The quantitative estimate of drug-likeness (QED) is 0.840. The van der Waals surface area contributed by atoms with Gasteiger partial charge in [0.1, 0.15) is 12.2 Å². The van der Waals surface area contributed by atoms with Crippen molar-refractivity contribution < 1.29 is 0 Å². The zero-order valence-corrected chi connectivity index (χ0v) is 11.1. The highest BCUT2D eigenvalue weighted by molar-refractivity contribution is 5.32. The van der Waals surface area contributed by atoms with Gasteiger partial charge in [-0.15, -0.1) is 10.2 Å². The van der Waals surface area contributed by atoms with E-state index in [2.05, 4.69) is 26.9 Å². The first-order valence-electron chi connectivity index (χ1n) is 7.07. The molecule has 1 aliphatic carbocycles. The van der Waals surface area contributed by atoms with E-state index in [1.54, 1.807) is 6.33 Å².